The fourth-order valence-electron chi connectivity index (χ4n) is 2.55. The summed E-state index contributed by atoms with van der Waals surface area (Å²) in [5.74, 6) is -5.03. The van der Waals surface area contributed by atoms with Crippen LogP contribution >= 0.6 is 0 Å². The molecule has 0 unspecified atom stereocenters. The number of aromatic nitrogens is 2. The molecule has 1 atom stereocenters. The van der Waals surface area contributed by atoms with Gasteiger partial charge in [0, 0.05) is 36.9 Å². The average Bonchev–Trinajstić information content (AvgIpc) is 3.10. The zero-order valence-electron chi connectivity index (χ0n) is 15.9. The van der Waals surface area contributed by atoms with Crippen molar-refractivity contribution in [1.82, 2.24) is 14.9 Å². The molecule has 0 spiro atoms. The lowest BCUT2D eigenvalue weighted by atomic mass is 10.0. The Morgan fingerprint density at radius 1 is 0.967 bits per heavy atom. The number of aliphatic carboxylic acids is 4. The maximum absolute atomic E-state index is 9.55. The number of hydrogen-bond acceptors (Lipinski definition) is 6. The number of hydrogen-bond donors (Lipinski definition) is 5. The molecule has 2 heterocycles. The third-order valence-corrected chi connectivity index (χ3v) is 3.75. The van der Waals surface area contributed by atoms with Gasteiger partial charge >= 0.3 is 23.9 Å². The summed E-state index contributed by atoms with van der Waals surface area (Å²) in [5, 5.41) is 34.6. The van der Waals surface area contributed by atoms with Crippen molar-refractivity contribution in [2.24, 2.45) is 0 Å². The largest absolute Gasteiger partial charge is 0.478 e. The highest BCUT2D eigenvalue weighted by molar-refractivity contribution is 5.90. The second kappa shape index (κ2) is 11.8. The number of nitrogens with one attached hydrogen (secondary N) is 1. The number of nitrogens with zero attached hydrogens (tertiary/aromatic N) is 2. The predicted molar refractivity (Wildman–Crippen MR) is 105 cm³/mol. The van der Waals surface area contributed by atoms with Gasteiger partial charge in [0.2, 0.25) is 0 Å². The Bertz CT molecular complexity index is 911. The molecule has 0 aliphatic carbocycles. The third-order valence-electron chi connectivity index (χ3n) is 3.75. The zero-order chi connectivity index (χ0) is 22.7. The van der Waals surface area contributed by atoms with Gasteiger partial charge < -0.3 is 30.3 Å². The van der Waals surface area contributed by atoms with E-state index in [1.165, 1.54) is 11.1 Å². The van der Waals surface area contributed by atoms with Crippen molar-refractivity contribution < 1.29 is 39.6 Å². The summed E-state index contributed by atoms with van der Waals surface area (Å²) in [6.07, 6.45) is 5.28. The summed E-state index contributed by atoms with van der Waals surface area (Å²) >= 11 is 0. The molecule has 11 nitrogen and oxygen atoms in total. The summed E-state index contributed by atoms with van der Waals surface area (Å²) in [4.78, 5) is 42.6. The highest BCUT2D eigenvalue weighted by Crippen LogP contribution is 2.23. The van der Waals surface area contributed by atoms with Crippen LogP contribution in [0.4, 0.5) is 0 Å². The van der Waals surface area contributed by atoms with Crippen molar-refractivity contribution in [3.8, 4) is 0 Å². The molecule has 11 heteroatoms. The lowest BCUT2D eigenvalue weighted by Crippen LogP contribution is -2.34. The van der Waals surface area contributed by atoms with Crippen LogP contribution in [0.2, 0.25) is 0 Å². The minimum absolute atomic E-state index is 0.544. The SMILES string of the molecule is CN[C@@H]1Cc2cccc3ncn(c23)C1.O=C(O)C=CC(=O)O.O=C(O)C=CC(=O)O. The standard InChI is InChI=1S/C11H13N3.2C4H4O4/c1-12-9-5-8-3-2-4-10-11(8)14(6-9)7-13-10;2*5-3(6)1-2-4(7)8/h2-4,7,9,12H,5-6H2,1H3;2*1-2H,(H,5,6)(H,7,8)/t9-;;/m1../s1. The zero-order valence-corrected chi connectivity index (χ0v) is 15.9. The van der Waals surface area contributed by atoms with Crippen LogP contribution in [0.5, 0.6) is 0 Å². The number of rotatable bonds is 5. The number of carboxylic acid groups (broad SMARTS) is 4. The van der Waals surface area contributed by atoms with Gasteiger partial charge in [-0.1, -0.05) is 12.1 Å². The van der Waals surface area contributed by atoms with Crippen molar-refractivity contribution >= 4 is 34.9 Å². The number of para-hydroxylation sites is 1. The number of carbonyl (C=O) groups is 4. The monoisotopic (exact) mass is 419 g/mol. The molecule has 0 fully saturated rings. The molecule has 1 aliphatic heterocycles. The summed E-state index contributed by atoms with van der Waals surface area (Å²) < 4.78 is 2.25. The van der Waals surface area contributed by atoms with E-state index in [9.17, 15) is 19.2 Å². The van der Waals surface area contributed by atoms with Crippen molar-refractivity contribution in [3.05, 3.63) is 54.4 Å². The second-order valence-corrected chi connectivity index (χ2v) is 5.89. The molecule has 0 saturated carbocycles. The highest BCUT2D eigenvalue weighted by atomic mass is 16.4. The van der Waals surface area contributed by atoms with Crippen molar-refractivity contribution in [1.29, 1.82) is 0 Å². The van der Waals surface area contributed by atoms with E-state index in [1.807, 2.05) is 13.4 Å². The molecule has 1 aliphatic rings. The lowest BCUT2D eigenvalue weighted by molar-refractivity contribution is -0.134. The van der Waals surface area contributed by atoms with E-state index < -0.39 is 23.9 Å². The molecule has 0 bridgehead atoms. The summed E-state index contributed by atoms with van der Waals surface area (Å²) in [6.45, 7) is 1.03. The molecule has 0 saturated heterocycles. The van der Waals surface area contributed by atoms with Gasteiger partial charge in [-0.05, 0) is 25.1 Å². The Morgan fingerprint density at radius 2 is 1.47 bits per heavy atom. The molecule has 1 aromatic heterocycles. The Hall–Kier alpha value is -3.99. The first-order valence-corrected chi connectivity index (χ1v) is 8.51. The Morgan fingerprint density at radius 3 is 1.90 bits per heavy atom. The van der Waals surface area contributed by atoms with Gasteiger partial charge in [0.25, 0.3) is 0 Å². The molecule has 0 amide bonds. The normalized spacial score (nSPS) is 14.5. The fraction of sp³-hybridized carbons (Fsp3) is 0.211. The number of benzene rings is 1. The highest BCUT2D eigenvalue weighted by Gasteiger charge is 2.19. The molecular weight excluding hydrogens is 398 g/mol. The van der Waals surface area contributed by atoms with Gasteiger partial charge in [-0.15, -0.1) is 0 Å². The van der Waals surface area contributed by atoms with E-state index in [-0.39, 0.29) is 0 Å². The average molecular weight is 419 g/mol. The minimum atomic E-state index is -1.26. The van der Waals surface area contributed by atoms with E-state index in [2.05, 4.69) is 33.1 Å². The first kappa shape index (κ1) is 24.0. The Labute approximate surface area is 170 Å². The molecule has 0 radical (unpaired) electrons. The van der Waals surface area contributed by atoms with Crippen LogP contribution in [0.15, 0.2) is 48.8 Å². The first-order chi connectivity index (χ1) is 14.1. The molecule has 5 N–H and O–H groups in total. The summed E-state index contributed by atoms with van der Waals surface area (Å²) in [5.41, 5.74) is 3.85. The predicted octanol–water partition coefficient (Wildman–Crippen LogP) is 0.604. The van der Waals surface area contributed by atoms with Crippen LogP contribution in [0, 0.1) is 0 Å². The molecule has 3 rings (SSSR count). The molecule has 1 aromatic carbocycles. The van der Waals surface area contributed by atoms with Crippen molar-refractivity contribution in [2.75, 3.05) is 7.05 Å². The van der Waals surface area contributed by atoms with E-state index in [0.29, 0.717) is 30.3 Å². The Balaban J connectivity index is 0.000000245. The maximum atomic E-state index is 9.55. The van der Waals surface area contributed by atoms with E-state index in [4.69, 9.17) is 20.4 Å². The van der Waals surface area contributed by atoms with Crippen LogP contribution < -0.4 is 5.32 Å². The van der Waals surface area contributed by atoms with Gasteiger partial charge in [0.15, 0.2) is 0 Å². The topological polar surface area (TPSA) is 179 Å². The smallest absolute Gasteiger partial charge is 0.328 e. The molecular formula is C19H21N3O8. The number of likely N-dealkylation sites (N-methyl/N-ethyl adjacent to an activating group) is 1. The van der Waals surface area contributed by atoms with Crippen LogP contribution in [0.3, 0.4) is 0 Å². The van der Waals surface area contributed by atoms with Crippen LogP contribution in [0.25, 0.3) is 11.0 Å². The van der Waals surface area contributed by atoms with Crippen LogP contribution in [-0.4, -0.2) is 66.9 Å². The van der Waals surface area contributed by atoms with Crippen molar-refractivity contribution in [2.45, 2.75) is 19.0 Å². The van der Waals surface area contributed by atoms with E-state index >= 15 is 0 Å². The maximum Gasteiger partial charge on any atom is 0.328 e. The van der Waals surface area contributed by atoms with Gasteiger partial charge in [-0.25, -0.2) is 24.2 Å². The van der Waals surface area contributed by atoms with Crippen LogP contribution in [-0.2, 0) is 32.1 Å². The van der Waals surface area contributed by atoms with Crippen molar-refractivity contribution in [3.63, 3.8) is 0 Å². The van der Waals surface area contributed by atoms with Crippen LogP contribution in [0.1, 0.15) is 5.56 Å². The summed E-state index contributed by atoms with van der Waals surface area (Å²) in [6, 6.07) is 6.91. The number of carboxylic acids is 4. The van der Waals surface area contributed by atoms with Gasteiger partial charge in [-0.2, -0.15) is 0 Å². The fourth-order valence-corrected chi connectivity index (χ4v) is 2.55. The van der Waals surface area contributed by atoms with Gasteiger partial charge in [-0.3, -0.25) is 0 Å². The van der Waals surface area contributed by atoms with Gasteiger partial charge in [0.1, 0.15) is 0 Å². The lowest BCUT2D eigenvalue weighted by Gasteiger charge is -2.23. The second-order valence-electron chi connectivity index (χ2n) is 5.89. The molecule has 160 valence electrons. The summed E-state index contributed by atoms with van der Waals surface area (Å²) in [7, 11) is 2.02. The first-order valence-electron chi connectivity index (χ1n) is 8.51. The van der Waals surface area contributed by atoms with Gasteiger partial charge in [0.05, 0.1) is 17.4 Å². The quantitative estimate of drug-likeness (QED) is 0.431. The molecule has 30 heavy (non-hydrogen) atoms. The minimum Gasteiger partial charge on any atom is -0.478 e. The van der Waals surface area contributed by atoms with E-state index in [0.717, 1.165) is 18.5 Å². The number of imidazole rings is 1. The third kappa shape index (κ3) is 8.35. The van der Waals surface area contributed by atoms with E-state index in [1.54, 1.807) is 0 Å². The Kier molecular flexibility index (Phi) is 9.43. The molecule has 2 aromatic rings.